The third kappa shape index (κ3) is 1.82. The van der Waals surface area contributed by atoms with Crippen LogP contribution in [0, 0.1) is 0 Å². The number of anilines is 1. The Bertz CT molecular complexity index is 443. The molecule has 16 heavy (non-hydrogen) atoms. The molecule has 0 atom stereocenters. The van der Waals surface area contributed by atoms with Crippen molar-refractivity contribution in [2.75, 3.05) is 11.4 Å². The molecule has 0 radical (unpaired) electrons. The Labute approximate surface area is 103 Å². The number of halogens is 1. The number of carboxylic acids is 1. The molecule has 0 bridgehead atoms. The lowest BCUT2D eigenvalue weighted by atomic mass is 10.1. The van der Waals surface area contributed by atoms with Crippen LogP contribution in [0.1, 0.15) is 29.8 Å². The van der Waals surface area contributed by atoms with Gasteiger partial charge in [-0.05, 0) is 38.0 Å². The van der Waals surface area contributed by atoms with Crippen LogP contribution in [0.25, 0.3) is 0 Å². The number of carbonyl (C=O) groups is 1. The Morgan fingerprint density at radius 1 is 1.50 bits per heavy atom. The lowest BCUT2D eigenvalue weighted by Crippen LogP contribution is -2.28. The standard InChI is InChI=1S/C12H14BrNO2/c1-7(2)14-4-3-9-10(12(15)16)5-8(13)6-11(9)14/h5-7H,3-4H2,1-2H3,(H,15,16). The SMILES string of the molecule is CC(C)N1CCc2c(C(=O)O)cc(Br)cc21. The zero-order valence-electron chi connectivity index (χ0n) is 9.33. The highest BCUT2D eigenvalue weighted by Crippen LogP contribution is 2.35. The first-order valence-electron chi connectivity index (χ1n) is 5.33. The Hall–Kier alpha value is -1.03. The molecule has 2 rings (SSSR count). The molecule has 1 N–H and O–H groups in total. The number of benzene rings is 1. The lowest BCUT2D eigenvalue weighted by molar-refractivity contribution is 0.0696. The molecule has 1 aromatic rings. The number of nitrogens with zero attached hydrogens (tertiary/aromatic N) is 1. The zero-order valence-corrected chi connectivity index (χ0v) is 10.9. The second kappa shape index (κ2) is 4.09. The summed E-state index contributed by atoms with van der Waals surface area (Å²) in [5.41, 5.74) is 2.44. The Morgan fingerprint density at radius 3 is 2.75 bits per heavy atom. The quantitative estimate of drug-likeness (QED) is 0.907. The molecular weight excluding hydrogens is 270 g/mol. The fourth-order valence-corrected chi connectivity index (χ4v) is 2.67. The highest BCUT2D eigenvalue weighted by Gasteiger charge is 2.26. The number of hydrogen-bond donors (Lipinski definition) is 1. The summed E-state index contributed by atoms with van der Waals surface area (Å²) in [6, 6.07) is 4.09. The van der Waals surface area contributed by atoms with Crippen molar-refractivity contribution in [1.82, 2.24) is 0 Å². The van der Waals surface area contributed by atoms with Crippen molar-refractivity contribution in [3.8, 4) is 0 Å². The van der Waals surface area contributed by atoms with Gasteiger partial charge in [0.05, 0.1) is 5.56 Å². The van der Waals surface area contributed by atoms with E-state index in [0.717, 1.165) is 28.7 Å². The summed E-state index contributed by atoms with van der Waals surface area (Å²) in [5.74, 6) is -0.844. The second-order valence-corrected chi connectivity index (χ2v) is 5.21. The van der Waals surface area contributed by atoms with E-state index in [0.29, 0.717) is 11.6 Å². The highest BCUT2D eigenvalue weighted by atomic mass is 79.9. The van der Waals surface area contributed by atoms with Gasteiger partial charge in [-0.3, -0.25) is 0 Å². The molecule has 3 nitrogen and oxygen atoms in total. The van der Waals surface area contributed by atoms with Crippen LogP contribution >= 0.6 is 15.9 Å². The Balaban J connectivity index is 2.56. The predicted molar refractivity (Wildman–Crippen MR) is 67.3 cm³/mol. The summed E-state index contributed by atoms with van der Waals surface area (Å²) < 4.78 is 0.830. The molecule has 4 heteroatoms. The van der Waals surface area contributed by atoms with Crippen LogP contribution < -0.4 is 4.90 Å². The first-order chi connectivity index (χ1) is 7.50. The van der Waals surface area contributed by atoms with E-state index in [1.165, 1.54) is 0 Å². The van der Waals surface area contributed by atoms with E-state index in [9.17, 15) is 4.79 Å². The smallest absolute Gasteiger partial charge is 0.336 e. The minimum atomic E-state index is -0.844. The molecule has 0 aromatic heterocycles. The van der Waals surface area contributed by atoms with Crippen LogP contribution in [0.15, 0.2) is 16.6 Å². The van der Waals surface area contributed by atoms with Crippen LogP contribution in [0.4, 0.5) is 5.69 Å². The van der Waals surface area contributed by atoms with Gasteiger partial charge in [-0.25, -0.2) is 4.79 Å². The summed E-state index contributed by atoms with van der Waals surface area (Å²) in [7, 11) is 0. The van der Waals surface area contributed by atoms with Gasteiger partial charge in [0.15, 0.2) is 0 Å². The summed E-state index contributed by atoms with van der Waals surface area (Å²) in [6.45, 7) is 5.15. The minimum Gasteiger partial charge on any atom is -0.478 e. The van der Waals surface area contributed by atoms with Crippen LogP contribution in [0.5, 0.6) is 0 Å². The maximum absolute atomic E-state index is 11.2. The van der Waals surface area contributed by atoms with Gasteiger partial charge >= 0.3 is 5.97 Å². The highest BCUT2D eigenvalue weighted by molar-refractivity contribution is 9.10. The van der Waals surface area contributed by atoms with Crippen molar-refractivity contribution in [1.29, 1.82) is 0 Å². The van der Waals surface area contributed by atoms with Crippen LogP contribution in [-0.4, -0.2) is 23.7 Å². The van der Waals surface area contributed by atoms with Crippen LogP contribution in [-0.2, 0) is 6.42 Å². The topological polar surface area (TPSA) is 40.5 Å². The van der Waals surface area contributed by atoms with Gasteiger partial charge in [-0.2, -0.15) is 0 Å². The monoisotopic (exact) mass is 283 g/mol. The van der Waals surface area contributed by atoms with E-state index < -0.39 is 5.97 Å². The molecule has 0 aliphatic carbocycles. The number of hydrogen-bond acceptors (Lipinski definition) is 2. The average Bonchev–Trinajstić information content (AvgIpc) is 2.59. The molecule has 86 valence electrons. The van der Waals surface area contributed by atoms with Crippen molar-refractivity contribution >= 4 is 27.6 Å². The van der Waals surface area contributed by atoms with Gasteiger partial charge in [-0.15, -0.1) is 0 Å². The maximum atomic E-state index is 11.2. The Morgan fingerprint density at radius 2 is 2.19 bits per heavy atom. The predicted octanol–water partition coefficient (Wildman–Crippen LogP) is 2.92. The molecule has 1 aromatic carbocycles. The van der Waals surface area contributed by atoms with E-state index >= 15 is 0 Å². The molecule has 1 heterocycles. The summed E-state index contributed by atoms with van der Waals surface area (Å²) in [5, 5.41) is 9.16. The summed E-state index contributed by atoms with van der Waals surface area (Å²) in [6.07, 6.45) is 0.822. The van der Waals surface area contributed by atoms with Gasteiger partial charge in [-0.1, -0.05) is 15.9 Å². The van der Waals surface area contributed by atoms with Crippen LogP contribution in [0.2, 0.25) is 0 Å². The number of fused-ring (bicyclic) bond motifs is 1. The fourth-order valence-electron chi connectivity index (χ4n) is 2.22. The van der Waals surface area contributed by atoms with E-state index in [1.54, 1.807) is 6.07 Å². The number of rotatable bonds is 2. The van der Waals surface area contributed by atoms with E-state index in [4.69, 9.17) is 5.11 Å². The molecule has 0 saturated carbocycles. The summed E-state index contributed by atoms with van der Waals surface area (Å²) >= 11 is 3.37. The number of aromatic carboxylic acids is 1. The van der Waals surface area contributed by atoms with Crippen molar-refractivity contribution in [3.63, 3.8) is 0 Å². The third-order valence-electron chi connectivity index (χ3n) is 2.96. The molecule has 0 fully saturated rings. The summed E-state index contributed by atoms with van der Waals surface area (Å²) in [4.78, 5) is 13.4. The van der Waals surface area contributed by atoms with Gasteiger partial charge in [0.1, 0.15) is 0 Å². The van der Waals surface area contributed by atoms with Crippen molar-refractivity contribution in [3.05, 3.63) is 27.7 Å². The lowest BCUT2D eigenvalue weighted by Gasteiger charge is -2.24. The third-order valence-corrected chi connectivity index (χ3v) is 3.41. The largest absolute Gasteiger partial charge is 0.478 e. The molecule has 1 aliphatic rings. The second-order valence-electron chi connectivity index (χ2n) is 4.29. The van der Waals surface area contributed by atoms with Crippen molar-refractivity contribution in [2.24, 2.45) is 0 Å². The first-order valence-corrected chi connectivity index (χ1v) is 6.12. The zero-order chi connectivity index (χ0) is 11.9. The van der Waals surface area contributed by atoms with Gasteiger partial charge in [0, 0.05) is 22.7 Å². The molecule has 1 aliphatic heterocycles. The van der Waals surface area contributed by atoms with E-state index in [-0.39, 0.29) is 0 Å². The molecule has 0 spiro atoms. The van der Waals surface area contributed by atoms with E-state index in [1.807, 2.05) is 6.07 Å². The number of carboxylic acid groups (broad SMARTS) is 1. The fraction of sp³-hybridized carbons (Fsp3) is 0.417. The van der Waals surface area contributed by atoms with Crippen molar-refractivity contribution < 1.29 is 9.90 Å². The molecule has 0 unspecified atom stereocenters. The maximum Gasteiger partial charge on any atom is 0.336 e. The Kier molecular flexibility index (Phi) is 2.93. The van der Waals surface area contributed by atoms with Gasteiger partial charge < -0.3 is 10.0 Å². The van der Waals surface area contributed by atoms with Crippen molar-refractivity contribution in [2.45, 2.75) is 26.3 Å². The molecular formula is C12H14BrNO2. The van der Waals surface area contributed by atoms with Gasteiger partial charge in [0.25, 0.3) is 0 Å². The minimum absolute atomic E-state index is 0.400. The van der Waals surface area contributed by atoms with Gasteiger partial charge in [0.2, 0.25) is 0 Å². The normalized spacial score (nSPS) is 14.4. The first kappa shape index (κ1) is 11.5. The molecule has 0 saturated heterocycles. The van der Waals surface area contributed by atoms with E-state index in [2.05, 4.69) is 34.7 Å². The molecule has 0 amide bonds. The van der Waals surface area contributed by atoms with Crippen LogP contribution in [0.3, 0.4) is 0 Å². The average molecular weight is 284 g/mol.